The van der Waals surface area contributed by atoms with E-state index in [2.05, 4.69) is 36.0 Å². The second-order valence-corrected chi connectivity index (χ2v) is 9.30. The highest BCUT2D eigenvalue weighted by Crippen LogP contribution is 2.49. The largest absolute Gasteiger partial charge is 0.497 e. The number of imide groups is 1. The van der Waals surface area contributed by atoms with Gasteiger partial charge in [-0.1, -0.05) is 26.0 Å². The molecule has 0 fully saturated rings. The molecule has 1 N–H and O–H groups in total. The van der Waals surface area contributed by atoms with Crippen LogP contribution in [0.4, 0.5) is 5.69 Å². The molecule has 1 atom stereocenters. The van der Waals surface area contributed by atoms with Crippen molar-refractivity contribution in [3.63, 3.8) is 0 Å². The Labute approximate surface area is 198 Å². The summed E-state index contributed by atoms with van der Waals surface area (Å²) >= 11 is 0. The molecule has 0 saturated carbocycles. The Kier molecular flexibility index (Phi) is 5.35. The van der Waals surface area contributed by atoms with Gasteiger partial charge >= 0.3 is 0 Å². The lowest BCUT2D eigenvalue weighted by atomic mass is 9.84. The van der Waals surface area contributed by atoms with E-state index in [4.69, 9.17) is 9.47 Å². The maximum atomic E-state index is 13.6. The van der Waals surface area contributed by atoms with Gasteiger partial charge in [-0.2, -0.15) is 0 Å². The molecule has 0 unspecified atom stereocenters. The summed E-state index contributed by atoms with van der Waals surface area (Å²) in [5.74, 6) is 0.821. The zero-order valence-corrected chi connectivity index (χ0v) is 20.1. The summed E-state index contributed by atoms with van der Waals surface area (Å²) in [5, 5.41) is 4.60. The number of aromatic nitrogens is 1. The van der Waals surface area contributed by atoms with Gasteiger partial charge in [0.1, 0.15) is 11.5 Å². The van der Waals surface area contributed by atoms with Crippen molar-refractivity contribution >= 4 is 28.4 Å². The van der Waals surface area contributed by atoms with Crippen molar-refractivity contribution in [3.05, 3.63) is 65.0 Å². The SMILES string of the molecule is COc1ccc([C@@H]2C3=C(CN(C(C)=O)C3=O)Nc3cccc4c3c2cn4CC(C)C)c(OC)c1. The van der Waals surface area contributed by atoms with Gasteiger partial charge in [-0.05, 0) is 29.7 Å². The highest BCUT2D eigenvalue weighted by atomic mass is 16.5. The molecular weight excluding hydrogens is 430 g/mol. The van der Waals surface area contributed by atoms with Gasteiger partial charge in [-0.3, -0.25) is 14.5 Å². The second-order valence-electron chi connectivity index (χ2n) is 9.30. The molecule has 3 heterocycles. The van der Waals surface area contributed by atoms with Gasteiger partial charge in [0.25, 0.3) is 5.91 Å². The number of ether oxygens (including phenoxy) is 2. The smallest absolute Gasteiger partial charge is 0.259 e. The number of nitrogens with one attached hydrogen (secondary N) is 1. The zero-order valence-electron chi connectivity index (χ0n) is 20.1. The van der Waals surface area contributed by atoms with E-state index in [-0.39, 0.29) is 18.4 Å². The first-order chi connectivity index (χ1) is 16.3. The Hall–Kier alpha value is -3.74. The Morgan fingerprint density at radius 2 is 1.94 bits per heavy atom. The fourth-order valence-corrected chi connectivity index (χ4v) is 5.20. The van der Waals surface area contributed by atoms with Gasteiger partial charge in [0.05, 0.1) is 31.9 Å². The normalized spacial score (nSPS) is 17.2. The van der Waals surface area contributed by atoms with Crippen LogP contribution in [0.5, 0.6) is 11.5 Å². The minimum absolute atomic E-state index is 0.227. The number of amides is 2. The van der Waals surface area contributed by atoms with Crippen molar-refractivity contribution in [2.75, 3.05) is 26.1 Å². The number of nitrogens with zero attached hydrogens (tertiary/aromatic N) is 2. The molecule has 0 radical (unpaired) electrons. The second kappa shape index (κ2) is 8.24. The molecule has 0 spiro atoms. The lowest BCUT2D eigenvalue weighted by Gasteiger charge is -2.22. The molecule has 176 valence electrons. The topological polar surface area (TPSA) is 72.8 Å². The molecule has 3 aromatic rings. The van der Waals surface area contributed by atoms with Crippen LogP contribution < -0.4 is 14.8 Å². The van der Waals surface area contributed by atoms with Crippen molar-refractivity contribution in [2.45, 2.75) is 33.2 Å². The quantitative estimate of drug-likeness (QED) is 0.608. The predicted octanol–water partition coefficient (Wildman–Crippen LogP) is 4.51. The van der Waals surface area contributed by atoms with Gasteiger partial charge in [0.15, 0.2) is 0 Å². The van der Waals surface area contributed by atoms with Gasteiger partial charge < -0.3 is 19.4 Å². The number of methoxy groups -OCH3 is 2. The van der Waals surface area contributed by atoms with E-state index in [1.54, 1.807) is 14.2 Å². The Balaban J connectivity index is 1.81. The molecule has 0 aliphatic carbocycles. The molecule has 2 amide bonds. The average molecular weight is 460 g/mol. The summed E-state index contributed by atoms with van der Waals surface area (Å²) in [6.07, 6.45) is 2.16. The molecule has 2 aliphatic heterocycles. The van der Waals surface area contributed by atoms with Crippen molar-refractivity contribution < 1.29 is 19.1 Å². The number of rotatable bonds is 5. The Morgan fingerprint density at radius 1 is 1.15 bits per heavy atom. The maximum Gasteiger partial charge on any atom is 0.259 e. The van der Waals surface area contributed by atoms with E-state index in [1.165, 1.54) is 11.8 Å². The first kappa shape index (κ1) is 22.1. The van der Waals surface area contributed by atoms with Crippen molar-refractivity contribution in [1.29, 1.82) is 0 Å². The fourth-order valence-electron chi connectivity index (χ4n) is 5.20. The molecule has 7 heteroatoms. The molecule has 34 heavy (non-hydrogen) atoms. The van der Waals surface area contributed by atoms with Crippen molar-refractivity contribution in [2.24, 2.45) is 5.92 Å². The first-order valence-corrected chi connectivity index (χ1v) is 11.5. The zero-order chi connectivity index (χ0) is 24.1. The average Bonchev–Trinajstić information content (AvgIpc) is 3.28. The third-order valence-corrected chi connectivity index (χ3v) is 6.63. The maximum absolute atomic E-state index is 13.6. The predicted molar refractivity (Wildman–Crippen MR) is 131 cm³/mol. The van der Waals surface area contributed by atoms with E-state index in [0.717, 1.165) is 40.0 Å². The van der Waals surface area contributed by atoms with Crippen LogP contribution in [0.1, 0.15) is 37.8 Å². The fraction of sp³-hybridized carbons (Fsp3) is 0.333. The molecule has 2 aliphatic rings. The van der Waals surface area contributed by atoms with Crippen molar-refractivity contribution in [1.82, 2.24) is 9.47 Å². The van der Waals surface area contributed by atoms with Crippen molar-refractivity contribution in [3.8, 4) is 11.5 Å². The molecule has 0 bridgehead atoms. The Morgan fingerprint density at radius 3 is 2.62 bits per heavy atom. The molecule has 7 nitrogen and oxygen atoms in total. The molecule has 1 aromatic heterocycles. The van der Waals surface area contributed by atoms with E-state index in [1.807, 2.05) is 30.3 Å². The summed E-state index contributed by atoms with van der Waals surface area (Å²) in [6, 6.07) is 11.9. The van der Waals surface area contributed by atoms with E-state index in [0.29, 0.717) is 23.0 Å². The number of carbonyl (C=O) groups excluding carboxylic acids is 2. The first-order valence-electron chi connectivity index (χ1n) is 11.5. The number of benzene rings is 2. The highest BCUT2D eigenvalue weighted by Gasteiger charge is 2.42. The summed E-state index contributed by atoms with van der Waals surface area (Å²) < 4.78 is 13.4. The lowest BCUT2D eigenvalue weighted by Crippen LogP contribution is -2.33. The monoisotopic (exact) mass is 459 g/mol. The van der Waals surface area contributed by atoms with Crippen LogP contribution in [-0.2, 0) is 16.1 Å². The van der Waals surface area contributed by atoms with E-state index < -0.39 is 5.92 Å². The van der Waals surface area contributed by atoms with Crippen LogP contribution in [0.2, 0.25) is 0 Å². The molecular formula is C27H29N3O4. The Bertz CT molecular complexity index is 1350. The van der Waals surface area contributed by atoms with Crippen LogP contribution >= 0.6 is 0 Å². The van der Waals surface area contributed by atoms with Gasteiger partial charge in [0.2, 0.25) is 5.91 Å². The summed E-state index contributed by atoms with van der Waals surface area (Å²) in [7, 11) is 3.23. The number of carbonyl (C=O) groups is 2. The van der Waals surface area contributed by atoms with Crippen LogP contribution in [-0.4, -0.2) is 42.0 Å². The molecule has 2 aromatic carbocycles. The van der Waals surface area contributed by atoms with Crippen LogP contribution in [0, 0.1) is 5.92 Å². The summed E-state index contributed by atoms with van der Waals surface area (Å²) in [5.41, 5.74) is 5.27. The summed E-state index contributed by atoms with van der Waals surface area (Å²) in [6.45, 7) is 6.89. The van der Waals surface area contributed by atoms with E-state index >= 15 is 0 Å². The van der Waals surface area contributed by atoms with E-state index in [9.17, 15) is 9.59 Å². The highest BCUT2D eigenvalue weighted by molar-refractivity contribution is 6.11. The van der Waals surface area contributed by atoms with Crippen LogP contribution in [0.3, 0.4) is 0 Å². The van der Waals surface area contributed by atoms with Gasteiger partial charge in [-0.15, -0.1) is 0 Å². The van der Waals surface area contributed by atoms with Crippen LogP contribution in [0.15, 0.2) is 53.9 Å². The third-order valence-electron chi connectivity index (χ3n) is 6.63. The number of hydrogen-bond acceptors (Lipinski definition) is 5. The number of anilines is 1. The van der Waals surface area contributed by atoms with Gasteiger partial charge in [0, 0.05) is 54.0 Å². The van der Waals surface area contributed by atoms with Gasteiger partial charge in [-0.25, -0.2) is 0 Å². The standard InChI is InChI=1S/C27H29N3O4/c1-15(2)12-29-13-19-24(18-10-9-17(33-4)11-23(18)34-5)26-21(14-30(16(3)31)27(26)32)28-20-7-6-8-22(29)25(19)20/h6-11,13,15,24,28H,12,14H2,1-5H3/t24-/m0/s1. The van der Waals surface area contributed by atoms with Crippen LogP contribution in [0.25, 0.3) is 10.9 Å². The number of hydrogen-bond donors (Lipinski definition) is 1. The molecule has 5 rings (SSSR count). The minimum Gasteiger partial charge on any atom is -0.497 e. The third kappa shape index (κ3) is 3.34. The minimum atomic E-state index is -0.403. The summed E-state index contributed by atoms with van der Waals surface area (Å²) in [4.78, 5) is 27.2. The molecule has 0 saturated heterocycles. The lowest BCUT2D eigenvalue weighted by molar-refractivity contribution is -0.139.